The second kappa shape index (κ2) is 12.7. The lowest BCUT2D eigenvalue weighted by atomic mass is 9.90. The second-order valence-electron chi connectivity index (χ2n) is 13.1. The number of allylic oxidation sites excluding steroid dienone is 3. The Labute approximate surface area is 307 Å². The first-order valence-electron chi connectivity index (χ1n) is 17.6. The van der Waals surface area contributed by atoms with Crippen LogP contribution in [0.4, 0.5) is 0 Å². The third-order valence-electron chi connectivity index (χ3n) is 10.2. The van der Waals surface area contributed by atoms with Crippen LogP contribution in [-0.4, -0.2) is 4.57 Å². The summed E-state index contributed by atoms with van der Waals surface area (Å²) in [6, 6.07) is 60.2. The van der Waals surface area contributed by atoms with Crippen molar-refractivity contribution in [2.45, 2.75) is 27.5 Å². The highest BCUT2D eigenvalue weighted by atomic mass is 32.2. The highest BCUT2D eigenvalue weighted by Gasteiger charge is 2.26. The number of para-hydroxylation sites is 2. The van der Waals surface area contributed by atoms with E-state index in [1.54, 1.807) is 0 Å². The lowest BCUT2D eigenvalue weighted by Crippen LogP contribution is -1.99. The molecule has 0 N–H and O–H groups in total. The average Bonchev–Trinajstić information content (AvgIpc) is 3.54. The van der Waals surface area contributed by atoms with Gasteiger partial charge in [-0.05, 0) is 88.2 Å². The van der Waals surface area contributed by atoms with Gasteiger partial charge in [0.1, 0.15) is 0 Å². The molecule has 0 unspecified atom stereocenters. The highest BCUT2D eigenvalue weighted by Crippen LogP contribution is 2.54. The lowest BCUT2D eigenvalue weighted by molar-refractivity contribution is 1.04. The van der Waals surface area contributed by atoms with E-state index in [2.05, 4.69) is 181 Å². The van der Waals surface area contributed by atoms with Crippen LogP contribution >= 0.6 is 23.5 Å². The number of aromatic nitrogens is 1. The standard InChI is InChI=1S/C48H33NS2/c1-3-16-32(17-4-1)34-23-13-26-40-47-38(37-24-14-28-42-46(37)39-22-7-10-27-41(39)49(42)33-18-5-2-6-19-33)25-15-31-45(47)50-43-29-11-8-20-35(43)36-21-9-12-30-44(36)51-48(34)40/h1-8,10-20,22-31H,9,21H2. The molecule has 3 heteroatoms. The summed E-state index contributed by atoms with van der Waals surface area (Å²) in [5, 5.41) is 2.54. The SMILES string of the molecule is C1=CC2=C(CC1)c1ccccc1Sc1cccc(-c3cccc4c3c3ccccc3n4-c3ccccc3)c1-c1cccc(-c3ccccc3)c1S2. The fourth-order valence-electron chi connectivity index (χ4n) is 7.94. The fourth-order valence-corrected chi connectivity index (χ4v) is 10.4. The van der Waals surface area contributed by atoms with Crippen molar-refractivity contribution >= 4 is 50.9 Å². The Balaban J connectivity index is 1.32. The van der Waals surface area contributed by atoms with Crippen molar-refractivity contribution in [3.8, 4) is 39.1 Å². The molecule has 2 heterocycles. The molecule has 242 valence electrons. The van der Waals surface area contributed by atoms with Gasteiger partial charge in [0.05, 0.1) is 11.0 Å². The van der Waals surface area contributed by atoms with E-state index in [0.29, 0.717) is 0 Å². The maximum Gasteiger partial charge on any atom is 0.0547 e. The molecule has 0 amide bonds. The summed E-state index contributed by atoms with van der Waals surface area (Å²) in [6.45, 7) is 0. The average molecular weight is 688 g/mol. The van der Waals surface area contributed by atoms with Gasteiger partial charge in [-0.25, -0.2) is 0 Å². The predicted molar refractivity (Wildman–Crippen MR) is 219 cm³/mol. The summed E-state index contributed by atoms with van der Waals surface area (Å²) in [7, 11) is 0. The van der Waals surface area contributed by atoms with Crippen LogP contribution in [0.5, 0.6) is 0 Å². The summed E-state index contributed by atoms with van der Waals surface area (Å²) >= 11 is 3.84. The van der Waals surface area contributed by atoms with Gasteiger partial charge in [0.2, 0.25) is 0 Å². The minimum atomic E-state index is 1.04. The van der Waals surface area contributed by atoms with E-state index < -0.39 is 0 Å². The van der Waals surface area contributed by atoms with Crippen molar-refractivity contribution in [1.29, 1.82) is 0 Å². The van der Waals surface area contributed by atoms with E-state index in [1.165, 1.54) is 91.6 Å². The van der Waals surface area contributed by atoms with Gasteiger partial charge in [-0.3, -0.25) is 0 Å². The first-order valence-corrected chi connectivity index (χ1v) is 19.2. The largest absolute Gasteiger partial charge is 0.309 e. The molecule has 0 saturated heterocycles. The van der Waals surface area contributed by atoms with Gasteiger partial charge in [0, 0.05) is 41.6 Å². The zero-order valence-electron chi connectivity index (χ0n) is 27.9. The molecule has 2 aliphatic rings. The number of hydrogen-bond acceptors (Lipinski definition) is 2. The van der Waals surface area contributed by atoms with Crippen molar-refractivity contribution in [3.05, 3.63) is 186 Å². The Hall–Kier alpha value is -5.48. The van der Waals surface area contributed by atoms with Crippen LogP contribution in [0.3, 0.4) is 0 Å². The number of benzene rings is 7. The zero-order valence-corrected chi connectivity index (χ0v) is 29.6. The molecule has 51 heavy (non-hydrogen) atoms. The van der Waals surface area contributed by atoms with Gasteiger partial charge < -0.3 is 4.57 Å². The quantitative estimate of drug-likeness (QED) is 0.182. The summed E-state index contributed by atoms with van der Waals surface area (Å²) in [6.07, 6.45) is 6.82. The summed E-state index contributed by atoms with van der Waals surface area (Å²) in [5.74, 6) is 0. The predicted octanol–water partition coefficient (Wildman–Crippen LogP) is 14.1. The number of hydrogen-bond donors (Lipinski definition) is 0. The lowest BCUT2D eigenvalue weighted by Gasteiger charge is -2.25. The Morgan fingerprint density at radius 2 is 1.12 bits per heavy atom. The van der Waals surface area contributed by atoms with Crippen molar-refractivity contribution in [2.75, 3.05) is 0 Å². The molecule has 0 saturated carbocycles. The van der Waals surface area contributed by atoms with Crippen molar-refractivity contribution in [3.63, 3.8) is 0 Å². The molecule has 0 radical (unpaired) electrons. The van der Waals surface area contributed by atoms with Crippen molar-refractivity contribution < 1.29 is 0 Å². The van der Waals surface area contributed by atoms with E-state index in [1.807, 2.05) is 23.5 Å². The van der Waals surface area contributed by atoms with Gasteiger partial charge in [-0.2, -0.15) is 0 Å². The van der Waals surface area contributed by atoms with Crippen LogP contribution < -0.4 is 0 Å². The second-order valence-corrected chi connectivity index (χ2v) is 15.2. The Morgan fingerprint density at radius 1 is 0.471 bits per heavy atom. The Kier molecular flexibility index (Phi) is 7.55. The van der Waals surface area contributed by atoms with Crippen molar-refractivity contribution in [1.82, 2.24) is 4.57 Å². The zero-order chi connectivity index (χ0) is 33.7. The van der Waals surface area contributed by atoms with E-state index in [4.69, 9.17) is 0 Å². The fraction of sp³-hybridized carbons (Fsp3) is 0.0417. The smallest absolute Gasteiger partial charge is 0.0547 e. The molecule has 1 aromatic heterocycles. The van der Waals surface area contributed by atoms with Gasteiger partial charge in [-0.15, -0.1) is 0 Å². The van der Waals surface area contributed by atoms with Gasteiger partial charge in [0.15, 0.2) is 0 Å². The molecule has 0 spiro atoms. The van der Waals surface area contributed by atoms with Gasteiger partial charge in [-0.1, -0.05) is 163 Å². The summed E-state index contributed by atoms with van der Waals surface area (Å²) < 4.78 is 2.42. The van der Waals surface area contributed by atoms with Crippen LogP contribution in [0.25, 0.3) is 66.4 Å². The maximum atomic E-state index is 2.42. The van der Waals surface area contributed by atoms with E-state index >= 15 is 0 Å². The molecule has 0 fully saturated rings. The molecular formula is C48H33NS2. The van der Waals surface area contributed by atoms with Crippen LogP contribution in [0, 0.1) is 0 Å². The molecule has 1 aliphatic carbocycles. The van der Waals surface area contributed by atoms with Crippen LogP contribution in [-0.2, 0) is 0 Å². The monoisotopic (exact) mass is 687 g/mol. The minimum absolute atomic E-state index is 1.04. The maximum absolute atomic E-state index is 2.42. The van der Waals surface area contributed by atoms with Crippen molar-refractivity contribution in [2.24, 2.45) is 0 Å². The Bertz CT molecular complexity index is 2680. The van der Waals surface area contributed by atoms with Gasteiger partial charge in [0.25, 0.3) is 0 Å². The number of thioether (sulfide) groups is 1. The van der Waals surface area contributed by atoms with E-state index in [9.17, 15) is 0 Å². The van der Waals surface area contributed by atoms with E-state index in [-0.39, 0.29) is 0 Å². The molecular weight excluding hydrogens is 655 g/mol. The van der Waals surface area contributed by atoms with Crippen LogP contribution in [0.15, 0.2) is 196 Å². The summed E-state index contributed by atoms with van der Waals surface area (Å²) in [5.41, 5.74) is 13.9. The normalized spacial score (nSPS) is 13.8. The molecule has 1 aliphatic heterocycles. The van der Waals surface area contributed by atoms with Crippen LogP contribution in [0.2, 0.25) is 0 Å². The summed E-state index contributed by atoms with van der Waals surface area (Å²) in [4.78, 5) is 5.22. The first kappa shape index (κ1) is 30.4. The van der Waals surface area contributed by atoms with Crippen LogP contribution in [0.1, 0.15) is 18.4 Å². The third-order valence-corrected chi connectivity index (χ3v) is 12.6. The van der Waals surface area contributed by atoms with Gasteiger partial charge >= 0.3 is 0 Å². The highest BCUT2D eigenvalue weighted by molar-refractivity contribution is 8.03. The third kappa shape index (κ3) is 5.11. The minimum Gasteiger partial charge on any atom is -0.309 e. The first-order chi connectivity index (χ1) is 25.3. The molecule has 0 atom stereocenters. The Morgan fingerprint density at radius 3 is 2.02 bits per heavy atom. The molecule has 1 nitrogen and oxygen atoms in total. The van der Waals surface area contributed by atoms with E-state index in [0.717, 1.165) is 12.8 Å². The molecule has 8 aromatic rings. The molecule has 0 bridgehead atoms. The number of nitrogens with zero attached hydrogens (tertiary/aromatic N) is 1. The number of fused-ring (bicyclic) bond motifs is 8. The molecule has 10 rings (SSSR count). The topological polar surface area (TPSA) is 4.93 Å². The molecule has 7 aromatic carbocycles. The number of rotatable bonds is 3.